The molecule has 0 aliphatic heterocycles. The van der Waals surface area contributed by atoms with Crippen LogP contribution in [0.5, 0.6) is 0 Å². The molecule has 2 rings (SSSR count). The third-order valence-electron chi connectivity index (χ3n) is 2.45. The lowest BCUT2D eigenvalue weighted by Gasteiger charge is -1.98. The third-order valence-corrected chi connectivity index (χ3v) is 2.95. The SMILES string of the molecule is Cn1c(=O)n(-c2cccc(Br)c2)c(=O)n1C. The first-order chi connectivity index (χ1) is 7.52. The molecule has 1 aromatic carbocycles. The summed E-state index contributed by atoms with van der Waals surface area (Å²) in [6.45, 7) is 0. The van der Waals surface area contributed by atoms with Gasteiger partial charge in [-0.3, -0.25) is 0 Å². The normalized spacial score (nSPS) is 10.7. The number of hydrogen-bond acceptors (Lipinski definition) is 2. The molecule has 0 bridgehead atoms. The molecule has 0 N–H and O–H groups in total. The lowest BCUT2D eigenvalue weighted by Crippen LogP contribution is -2.26. The van der Waals surface area contributed by atoms with Gasteiger partial charge in [0.1, 0.15) is 0 Å². The number of hydrogen-bond donors (Lipinski definition) is 0. The zero-order valence-electron chi connectivity index (χ0n) is 8.85. The molecular formula is C10H10BrN3O2. The molecular weight excluding hydrogens is 274 g/mol. The standard InChI is InChI=1S/C10H10BrN3O2/c1-12-9(15)14(10(16)13(12)2)8-5-3-4-7(11)6-8/h3-6H,1-2H3. The maximum atomic E-state index is 11.8. The zero-order chi connectivity index (χ0) is 11.9. The monoisotopic (exact) mass is 283 g/mol. The minimum atomic E-state index is -0.356. The van der Waals surface area contributed by atoms with Gasteiger partial charge < -0.3 is 0 Å². The van der Waals surface area contributed by atoms with Crippen molar-refractivity contribution in [2.75, 3.05) is 0 Å². The van der Waals surface area contributed by atoms with Gasteiger partial charge in [-0.2, -0.15) is 0 Å². The highest BCUT2D eigenvalue weighted by molar-refractivity contribution is 9.10. The molecule has 6 heteroatoms. The second kappa shape index (κ2) is 3.79. The summed E-state index contributed by atoms with van der Waals surface area (Å²) >= 11 is 3.30. The molecule has 84 valence electrons. The van der Waals surface area contributed by atoms with Gasteiger partial charge in [-0.15, -0.1) is 0 Å². The highest BCUT2D eigenvalue weighted by Crippen LogP contribution is 2.12. The molecule has 2 aromatic rings. The van der Waals surface area contributed by atoms with Crippen molar-refractivity contribution in [1.29, 1.82) is 0 Å². The predicted octanol–water partition coefficient (Wildman–Crippen LogP) is 0.637. The summed E-state index contributed by atoms with van der Waals surface area (Å²) in [7, 11) is 3.11. The van der Waals surface area contributed by atoms with Crippen LogP contribution in [0.25, 0.3) is 5.69 Å². The molecule has 5 nitrogen and oxygen atoms in total. The summed E-state index contributed by atoms with van der Waals surface area (Å²) in [4.78, 5) is 23.6. The van der Waals surface area contributed by atoms with Gasteiger partial charge in [0, 0.05) is 18.6 Å². The average molecular weight is 284 g/mol. The maximum absolute atomic E-state index is 11.8. The van der Waals surface area contributed by atoms with E-state index in [1.54, 1.807) is 32.3 Å². The van der Waals surface area contributed by atoms with Crippen LogP contribution in [0.15, 0.2) is 38.3 Å². The Bertz CT molecular complexity index is 617. The molecule has 1 heterocycles. The molecule has 0 atom stereocenters. The molecule has 0 fully saturated rings. The Kier molecular flexibility index (Phi) is 2.59. The highest BCUT2D eigenvalue weighted by Gasteiger charge is 2.11. The summed E-state index contributed by atoms with van der Waals surface area (Å²) in [6.07, 6.45) is 0. The Morgan fingerprint density at radius 1 is 1.06 bits per heavy atom. The van der Waals surface area contributed by atoms with Gasteiger partial charge >= 0.3 is 11.4 Å². The Morgan fingerprint density at radius 3 is 2.12 bits per heavy atom. The van der Waals surface area contributed by atoms with Crippen LogP contribution in [0.4, 0.5) is 0 Å². The summed E-state index contributed by atoms with van der Waals surface area (Å²) in [5.74, 6) is 0. The molecule has 0 amide bonds. The van der Waals surface area contributed by atoms with E-state index in [-0.39, 0.29) is 11.4 Å². The Labute approximate surface area is 99.7 Å². The quantitative estimate of drug-likeness (QED) is 0.771. The van der Waals surface area contributed by atoms with Crippen molar-refractivity contribution < 1.29 is 0 Å². The molecule has 0 unspecified atom stereocenters. The average Bonchev–Trinajstić information content (AvgIpc) is 2.44. The van der Waals surface area contributed by atoms with Gasteiger partial charge in [-0.05, 0) is 18.2 Å². The van der Waals surface area contributed by atoms with Crippen molar-refractivity contribution >= 4 is 15.9 Å². The van der Waals surface area contributed by atoms with Gasteiger partial charge in [0.25, 0.3) is 0 Å². The molecule has 0 spiro atoms. The molecule has 0 aliphatic carbocycles. The second-order valence-corrected chi connectivity index (χ2v) is 4.34. The van der Waals surface area contributed by atoms with Crippen LogP contribution in [0.2, 0.25) is 0 Å². The summed E-state index contributed by atoms with van der Waals surface area (Å²) in [5, 5.41) is 0. The fourth-order valence-electron chi connectivity index (χ4n) is 1.46. The van der Waals surface area contributed by atoms with E-state index >= 15 is 0 Å². The van der Waals surface area contributed by atoms with Crippen molar-refractivity contribution in [2.45, 2.75) is 0 Å². The van der Waals surface area contributed by atoms with E-state index in [0.29, 0.717) is 5.69 Å². The Balaban J connectivity index is 2.80. The number of nitrogens with zero attached hydrogens (tertiary/aromatic N) is 3. The van der Waals surface area contributed by atoms with Crippen molar-refractivity contribution in [2.24, 2.45) is 14.1 Å². The summed E-state index contributed by atoms with van der Waals surface area (Å²) in [5.41, 5.74) is -0.156. The predicted molar refractivity (Wildman–Crippen MR) is 64.0 cm³/mol. The maximum Gasteiger partial charge on any atom is 0.351 e. The first-order valence-corrected chi connectivity index (χ1v) is 5.42. The molecule has 0 saturated heterocycles. The first-order valence-electron chi connectivity index (χ1n) is 4.63. The summed E-state index contributed by atoms with van der Waals surface area (Å²) < 4.78 is 4.49. The van der Waals surface area contributed by atoms with Crippen LogP contribution in [-0.4, -0.2) is 13.9 Å². The fourth-order valence-corrected chi connectivity index (χ4v) is 1.85. The fraction of sp³-hybridized carbons (Fsp3) is 0.200. The topological polar surface area (TPSA) is 48.9 Å². The van der Waals surface area contributed by atoms with Crippen LogP contribution in [0.3, 0.4) is 0 Å². The largest absolute Gasteiger partial charge is 0.351 e. The van der Waals surface area contributed by atoms with Gasteiger partial charge in [-0.25, -0.2) is 23.5 Å². The van der Waals surface area contributed by atoms with Crippen LogP contribution in [0.1, 0.15) is 0 Å². The number of benzene rings is 1. The van der Waals surface area contributed by atoms with Crippen LogP contribution in [-0.2, 0) is 14.1 Å². The first kappa shape index (κ1) is 10.9. The second-order valence-electron chi connectivity index (χ2n) is 3.43. The van der Waals surface area contributed by atoms with Gasteiger partial charge in [-0.1, -0.05) is 22.0 Å². The molecule has 1 aromatic heterocycles. The van der Waals surface area contributed by atoms with E-state index in [9.17, 15) is 9.59 Å². The molecule has 16 heavy (non-hydrogen) atoms. The third kappa shape index (κ3) is 1.55. The Hall–Kier alpha value is -1.56. The lowest BCUT2D eigenvalue weighted by atomic mass is 10.3. The van der Waals surface area contributed by atoms with Gasteiger partial charge in [0.05, 0.1) is 5.69 Å². The number of aromatic nitrogens is 3. The van der Waals surface area contributed by atoms with Crippen LogP contribution >= 0.6 is 15.9 Å². The van der Waals surface area contributed by atoms with Crippen molar-refractivity contribution in [3.8, 4) is 5.69 Å². The highest BCUT2D eigenvalue weighted by atomic mass is 79.9. The zero-order valence-corrected chi connectivity index (χ0v) is 10.4. The molecule has 0 saturated carbocycles. The van der Waals surface area contributed by atoms with Crippen molar-refractivity contribution in [3.63, 3.8) is 0 Å². The smallest absolute Gasteiger partial charge is 0.246 e. The molecule has 0 radical (unpaired) electrons. The van der Waals surface area contributed by atoms with Crippen LogP contribution in [0, 0.1) is 0 Å². The van der Waals surface area contributed by atoms with Crippen molar-refractivity contribution in [3.05, 3.63) is 49.7 Å². The van der Waals surface area contributed by atoms with E-state index < -0.39 is 0 Å². The number of rotatable bonds is 1. The Morgan fingerprint density at radius 2 is 1.62 bits per heavy atom. The van der Waals surface area contributed by atoms with Crippen molar-refractivity contribution in [1.82, 2.24) is 13.9 Å². The van der Waals surface area contributed by atoms with E-state index in [1.807, 2.05) is 6.07 Å². The lowest BCUT2D eigenvalue weighted by molar-refractivity contribution is 0.565. The minimum Gasteiger partial charge on any atom is -0.246 e. The van der Waals surface area contributed by atoms with E-state index in [2.05, 4.69) is 15.9 Å². The van der Waals surface area contributed by atoms with E-state index in [1.165, 1.54) is 9.36 Å². The summed E-state index contributed by atoms with van der Waals surface area (Å²) in [6, 6.07) is 7.05. The van der Waals surface area contributed by atoms with E-state index in [0.717, 1.165) is 9.04 Å². The van der Waals surface area contributed by atoms with Crippen LogP contribution < -0.4 is 11.4 Å². The van der Waals surface area contributed by atoms with Gasteiger partial charge in [0.15, 0.2) is 0 Å². The minimum absolute atomic E-state index is 0.356. The van der Waals surface area contributed by atoms with Gasteiger partial charge in [0.2, 0.25) is 0 Å². The molecule has 0 aliphatic rings. The van der Waals surface area contributed by atoms with E-state index in [4.69, 9.17) is 0 Å². The number of halogens is 1.